The fourth-order valence-corrected chi connectivity index (χ4v) is 2.90. The summed E-state index contributed by atoms with van der Waals surface area (Å²) in [5.74, 6) is -1.70. The highest BCUT2D eigenvalue weighted by Crippen LogP contribution is 2.19. The molecule has 1 N–H and O–H groups in total. The zero-order valence-corrected chi connectivity index (χ0v) is 15.9. The molecule has 1 heterocycles. The maximum absolute atomic E-state index is 13.7. The zero-order chi connectivity index (χ0) is 20.3. The summed E-state index contributed by atoms with van der Waals surface area (Å²) in [6.07, 6.45) is 0. The summed E-state index contributed by atoms with van der Waals surface area (Å²) in [5, 5.41) is 7.23. The van der Waals surface area contributed by atoms with Crippen LogP contribution in [0.3, 0.4) is 0 Å². The number of nitrogens with one attached hydrogen (secondary N) is 1. The van der Waals surface area contributed by atoms with Gasteiger partial charge in [0.25, 0.3) is 5.91 Å². The first-order valence-corrected chi connectivity index (χ1v) is 8.79. The van der Waals surface area contributed by atoms with Crippen molar-refractivity contribution in [2.75, 3.05) is 0 Å². The molecule has 0 aliphatic carbocycles. The van der Waals surface area contributed by atoms with Gasteiger partial charge in [0.1, 0.15) is 12.4 Å². The summed E-state index contributed by atoms with van der Waals surface area (Å²) in [4.78, 5) is 12.5. The molecule has 7 heteroatoms. The van der Waals surface area contributed by atoms with Crippen LogP contribution in [0.2, 0.25) is 0 Å². The van der Waals surface area contributed by atoms with Crippen molar-refractivity contribution in [2.45, 2.75) is 27.0 Å². The van der Waals surface area contributed by atoms with Crippen LogP contribution in [-0.4, -0.2) is 15.7 Å². The maximum Gasteiger partial charge on any atom is 0.251 e. The molecular weight excluding hydrogens is 364 g/mol. The van der Waals surface area contributed by atoms with Crippen LogP contribution in [0.15, 0.2) is 42.5 Å². The average Bonchev–Trinajstić information content (AvgIpc) is 2.91. The minimum Gasteiger partial charge on any atom is -0.486 e. The molecule has 0 spiro atoms. The third kappa shape index (κ3) is 4.36. The highest BCUT2D eigenvalue weighted by Gasteiger charge is 2.12. The van der Waals surface area contributed by atoms with E-state index < -0.39 is 11.6 Å². The molecule has 0 aliphatic rings. The number of hydrogen-bond donors (Lipinski definition) is 1. The first kappa shape index (κ1) is 19.5. The molecular formula is C21H21F2N3O2. The number of carbonyl (C=O) groups excluding carboxylic acids is 1. The Kier molecular flexibility index (Phi) is 5.73. The number of amides is 1. The average molecular weight is 385 g/mol. The minimum absolute atomic E-state index is 0.0428. The van der Waals surface area contributed by atoms with Crippen LogP contribution >= 0.6 is 0 Å². The molecule has 0 fully saturated rings. The van der Waals surface area contributed by atoms with Crippen molar-refractivity contribution >= 4 is 5.91 Å². The summed E-state index contributed by atoms with van der Waals surface area (Å²) in [6, 6.07) is 10.0. The molecule has 1 amide bonds. The standard InChI is InChI=1S/C21H21F2N3O2/c1-13-18(14(2)26(3)25-13)11-24-21(27)16-6-4-5-15(9-16)12-28-20-8-7-17(22)10-19(20)23/h4-10H,11-12H2,1-3H3,(H,24,27). The largest absolute Gasteiger partial charge is 0.486 e. The van der Waals surface area contributed by atoms with Gasteiger partial charge in [-0.25, -0.2) is 8.78 Å². The molecule has 28 heavy (non-hydrogen) atoms. The molecule has 5 nitrogen and oxygen atoms in total. The Morgan fingerprint density at radius 1 is 1.18 bits per heavy atom. The van der Waals surface area contributed by atoms with Gasteiger partial charge in [-0.15, -0.1) is 0 Å². The molecule has 0 aliphatic heterocycles. The van der Waals surface area contributed by atoms with E-state index >= 15 is 0 Å². The molecule has 0 saturated carbocycles. The summed E-state index contributed by atoms with van der Waals surface area (Å²) in [5.41, 5.74) is 4.04. The molecule has 2 aromatic carbocycles. The van der Waals surface area contributed by atoms with E-state index in [9.17, 15) is 13.6 Å². The summed E-state index contributed by atoms with van der Waals surface area (Å²) >= 11 is 0. The van der Waals surface area contributed by atoms with Crippen molar-refractivity contribution in [3.05, 3.63) is 82.2 Å². The Morgan fingerprint density at radius 2 is 1.96 bits per heavy atom. The lowest BCUT2D eigenvalue weighted by atomic mass is 10.1. The van der Waals surface area contributed by atoms with E-state index in [1.54, 1.807) is 28.9 Å². The smallest absolute Gasteiger partial charge is 0.251 e. The van der Waals surface area contributed by atoms with Crippen LogP contribution in [0, 0.1) is 25.5 Å². The van der Waals surface area contributed by atoms with Crippen LogP contribution in [-0.2, 0) is 20.2 Å². The Hall–Kier alpha value is -3.22. The van der Waals surface area contributed by atoms with Gasteiger partial charge in [0.2, 0.25) is 0 Å². The molecule has 0 saturated heterocycles. The van der Waals surface area contributed by atoms with E-state index in [1.165, 1.54) is 6.07 Å². The Morgan fingerprint density at radius 3 is 2.64 bits per heavy atom. The number of ether oxygens (including phenoxy) is 1. The van der Waals surface area contributed by atoms with E-state index in [0.29, 0.717) is 17.7 Å². The minimum atomic E-state index is -0.767. The van der Waals surface area contributed by atoms with Gasteiger partial charge >= 0.3 is 0 Å². The number of carbonyl (C=O) groups is 1. The van der Waals surface area contributed by atoms with Crippen LogP contribution in [0.25, 0.3) is 0 Å². The molecule has 3 aromatic rings. The van der Waals surface area contributed by atoms with Gasteiger partial charge in [0, 0.05) is 36.5 Å². The van der Waals surface area contributed by atoms with Crippen molar-refractivity contribution in [1.82, 2.24) is 15.1 Å². The third-order valence-electron chi connectivity index (χ3n) is 4.56. The van der Waals surface area contributed by atoms with E-state index in [2.05, 4.69) is 10.4 Å². The number of nitrogens with zero attached hydrogens (tertiary/aromatic N) is 2. The first-order valence-electron chi connectivity index (χ1n) is 8.79. The summed E-state index contributed by atoms with van der Waals surface area (Å²) < 4.78 is 33.8. The van der Waals surface area contributed by atoms with Gasteiger partial charge in [-0.3, -0.25) is 9.48 Å². The fraction of sp³-hybridized carbons (Fsp3) is 0.238. The molecule has 0 radical (unpaired) electrons. The zero-order valence-electron chi connectivity index (χ0n) is 15.9. The van der Waals surface area contributed by atoms with Gasteiger partial charge in [-0.05, 0) is 43.7 Å². The van der Waals surface area contributed by atoms with Gasteiger partial charge in [0.15, 0.2) is 11.6 Å². The van der Waals surface area contributed by atoms with E-state index in [1.807, 2.05) is 20.9 Å². The van der Waals surface area contributed by atoms with Crippen molar-refractivity contribution in [1.29, 1.82) is 0 Å². The van der Waals surface area contributed by atoms with E-state index in [0.717, 1.165) is 29.1 Å². The number of aromatic nitrogens is 2. The van der Waals surface area contributed by atoms with Crippen LogP contribution in [0.4, 0.5) is 8.78 Å². The maximum atomic E-state index is 13.7. The van der Waals surface area contributed by atoms with Crippen molar-refractivity contribution in [2.24, 2.45) is 7.05 Å². The van der Waals surface area contributed by atoms with Crippen molar-refractivity contribution in [3.8, 4) is 5.75 Å². The van der Waals surface area contributed by atoms with Crippen LogP contribution in [0.1, 0.15) is 32.9 Å². The highest BCUT2D eigenvalue weighted by atomic mass is 19.1. The lowest BCUT2D eigenvalue weighted by Gasteiger charge is -2.10. The quantitative estimate of drug-likeness (QED) is 0.702. The van der Waals surface area contributed by atoms with Gasteiger partial charge in [0.05, 0.1) is 5.69 Å². The number of hydrogen-bond acceptors (Lipinski definition) is 3. The van der Waals surface area contributed by atoms with Crippen LogP contribution < -0.4 is 10.1 Å². The normalized spacial score (nSPS) is 10.8. The Labute approximate surface area is 161 Å². The van der Waals surface area contributed by atoms with Crippen molar-refractivity contribution in [3.63, 3.8) is 0 Å². The number of benzene rings is 2. The number of rotatable bonds is 6. The number of aryl methyl sites for hydroxylation is 2. The third-order valence-corrected chi connectivity index (χ3v) is 4.56. The molecule has 146 valence electrons. The topological polar surface area (TPSA) is 56.2 Å². The predicted octanol–water partition coefficient (Wildman–Crippen LogP) is 3.82. The SMILES string of the molecule is Cc1nn(C)c(C)c1CNC(=O)c1cccc(COc2ccc(F)cc2F)c1. The second-order valence-electron chi connectivity index (χ2n) is 6.52. The fourth-order valence-electron chi connectivity index (χ4n) is 2.90. The van der Waals surface area contributed by atoms with Gasteiger partial charge in [-0.2, -0.15) is 5.10 Å². The molecule has 3 rings (SSSR count). The second-order valence-corrected chi connectivity index (χ2v) is 6.52. The van der Waals surface area contributed by atoms with Gasteiger partial charge in [-0.1, -0.05) is 12.1 Å². The van der Waals surface area contributed by atoms with Crippen molar-refractivity contribution < 1.29 is 18.3 Å². The van der Waals surface area contributed by atoms with E-state index in [4.69, 9.17) is 4.74 Å². The monoisotopic (exact) mass is 385 g/mol. The van der Waals surface area contributed by atoms with Crippen LogP contribution in [0.5, 0.6) is 5.75 Å². The van der Waals surface area contributed by atoms with Gasteiger partial charge < -0.3 is 10.1 Å². The number of halogens is 2. The Balaban J connectivity index is 1.64. The molecule has 0 bridgehead atoms. The van der Waals surface area contributed by atoms with E-state index in [-0.39, 0.29) is 18.3 Å². The summed E-state index contributed by atoms with van der Waals surface area (Å²) in [6.45, 7) is 4.30. The molecule has 0 unspecified atom stereocenters. The predicted molar refractivity (Wildman–Crippen MR) is 101 cm³/mol. The second kappa shape index (κ2) is 8.21. The Bertz CT molecular complexity index is 1010. The lowest BCUT2D eigenvalue weighted by Crippen LogP contribution is -2.23. The molecule has 1 aromatic heterocycles. The summed E-state index contributed by atoms with van der Waals surface area (Å²) in [7, 11) is 1.86. The lowest BCUT2D eigenvalue weighted by molar-refractivity contribution is 0.0950. The first-order chi connectivity index (χ1) is 13.3. The highest BCUT2D eigenvalue weighted by molar-refractivity contribution is 5.94. The molecule has 0 atom stereocenters.